The van der Waals surface area contributed by atoms with Crippen LogP contribution in [0.2, 0.25) is 0 Å². The lowest BCUT2D eigenvalue weighted by Crippen LogP contribution is -2.25. The zero-order valence-corrected chi connectivity index (χ0v) is 11.7. The molecule has 0 radical (unpaired) electrons. The van der Waals surface area contributed by atoms with Gasteiger partial charge in [-0.2, -0.15) is 5.10 Å². The van der Waals surface area contributed by atoms with E-state index < -0.39 is 0 Å². The highest BCUT2D eigenvalue weighted by Crippen LogP contribution is 2.26. The predicted octanol–water partition coefficient (Wildman–Crippen LogP) is 1.23. The van der Waals surface area contributed by atoms with Gasteiger partial charge in [0.15, 0.2) is 0 Å². The van der Waals surface area contributed by atoms with Gasteiger partial charge in [-0.25, -0.2) is 4.98 Å². The van der Waals surface area contributed by atoms with Gasteiger partial charge in [-0.05, 0) is 19.5 Å². The maximum absolute atomic E-state index is 5.30. The molecule has 1 N–H and O–H groups in total. The largest absolute Gasteiger partial charge is 0.480 e. The fourth-order valence-electron chi connectivity index (χ4n) is 2.14. The summed E-state index contributed by atoms with van der Waals surface area (Å²) in [7, 11) is 3.53. The third-order valence-corrected chi connectivity index (χ3v) is 2.90. The van der Waals surface area contributed by atoms with Crippen molar-refractivity contribution >= 4 is 0 Å². The Morgan fingerprint density at radius 2 is 2.11 bits per heavy atom. The van der Waals surface area contributed by atoms with Gasteiger partial charge in [-0.1, -0.05) is 6.92 Å². The highest BCUT2D eigenvalue weighted by atomic mass is 16.5. The fraction of sp³-hybridized carbons (Fsp3) is 0.462. The van der Waals surface area contributed by atoms with E-state index in [0.717, 1.165) is 23.6 Å². The molecule has 0 spiro atoms. The summed E-state index contributed by atoms with van der Waals surface area (Å²) < 4.78 is 7.16. The van der Waals surface area contributed by atoms with Crippen LogP contribution in [-0.2, 0) is 7.05 Å². The second-order valence-corrected chi connectivity index (χ2v) is 4.28. The second kappa shape index (κ2) is 5.79. The summed E-state index contributed by atoms with van der Waals surface area (Å²) >= 11 is 0. The number of hydrogen-bond donors (Lipinski definition) is 1. The van der Waals surface area contributed by atoms with E-state index in [1.807, 2.05) is 24.7 Å². The average Bonchev–Trinajstić information content (AvgIpc) is 2.75. The molecule has 1 unspecified atom stereocenters. The molecule has 6 heteroatoms. The number of aromatic nitrogens is 4. The minimum Gasteiger partial charge on any atom is -0.480 e. The molecule has 102 valence electrons. The summed E-state index contributed by atoms with van der Waals surface area (Å²) in [5.74, 6) is 0.535. The summed E-state index contributed by atoms with van der Waals surface area (Å²) in [5.41, 5.74) is 2.79. The molecule has 6 nitrogen and oxygen atoms in total. The number of ether oxygens (including phenoxy) is 1. The Morgan fingerprint density at radius 3 is 2.68 bits per heavy atom. The Hall–Kier alpha value is -1.95. The molecule has 0 saturated carbocycles. The maximum Gasteiger partial charge on any atom is 0.237 e. The van der Waals surface area contributed by atoms with Gasteiger partial charge in [0.25, 0.3) is 0 Å². The van der Waals surface area contributed by atoms with Gasteiger partial charge in [-0.3, -0.25) is 9.67 Å². The van der Waals surface area contributed by atoms with Crippen LogP contribution in [0, 0.1) is 6.92 Å². The van der Waals surface area contributed by atoms with Crippen molar-refractivity contribution in [1.29, 1.82) is 0 Å². The Labute approximate surface area is 112 Å². The minimum absolute atomic E-state index is 0.0835. The van der Waals surface area contributed by atoms with Crippen molar-refractivity contribution in [3.8, 4) is 5.88 Å². The molecule has 0 aromatic carbocycles. The number of methoxy groups -OCH3 is 1. The number of aryl methyl sites for hydroxylation is 2. The summed E-state index contributed by atoms with van der Waals surface area (Å²) in [6.07, 6.45) is 3.30. The first-order valence-corrected chi connectivity index (χ1v) is 6.26. The van der Waals surface area contributed by atoms with Crippen molar-refractivity contribution in [2.45, 2.75) is 19.9 Å². The average molecular weight is 261 g/mol. The van der Waals surface area contributed by atoms with Crippen LogP contribution < -0.4 is 10.1 Å². The van der Waals surface area contributed by atoms with E-state index in [9.17, 15) is 0 Å². The van der Waals surface area contributed by atoms with Crippen LogP contribution >= 0.6 is 0 Å². The predicted molar refractivity (Wildman–Crippen MR) is 72.0 cm³/mol. The van der Waals surface area contributed by atoms with E-state index >= 15 is 0 Å². The lowest BCUT2D eigenvalue weighted by molar-refractivity contribution is 0.381. The molecule has 19 heavy (non-hydrogen) atoms. The van der Waals surface area contributed by atoms with E-state index in [4.69, 9.17) is 4.74 Å². The first-order chi connectivity index (χ1) is 9.17. The van der Waals surface area contributed by atoms with Crippen LogP contribution in [0.4, 0.5) is 0 Å². The summed E-state index contributed by atoms with van der Waals surface area (Å²) in [5, 5.41) is 7.78. The van der Waals surface area contributed by atoms with Crippen molar-refractivity contribution in [3.05, 3.63) is 35.5 Å². The van der Waals surface area contributed by atoms with Crippen LogP contribution in [0.25, 0.3) is 0 Å². The van der Waals surface area contributed by atoms with Gasteiger partial charge in [0.2, 0.25) is 5.88 Å². The lowest BCUT2D eigenvalue weighted by Gasteiger charge is -2.18. The van der Waals surface area contributed by atoms with Crippen LogP contribution in [-0.4, -0.2) is 33.4 Å². The van der Waals surface area contributed by atoms with E-state index in [2.05, 4.69) is 27.3 Å². The molecule has 0 fully saturated rings. The quantitative estimate of drug-likeness (QED) is 0.877. The molecule has 2 aromatic heterocycles. The molecule has 0 aliphatic rings. The molecule has 2 aromatic rings. The lowest BCUT2D eigenvalue weighted by atomic mass is 10.1. The molecular formula is C13H19N5O. The second-order valence-electron chi connectivity index (χ2n) is 4.28. The van der Waals surface area contributed by atoms with E-state index in [0.29, 0.717) is 5.88 Å². The van der Waals surface area contributed by atoms with Crippen molar-refractivity contribution in [2.75, 3.05) is 13.7 Å². The topological polar surface area (TPSA) is 64.9 Å². The molecule has 0 aliphatic carbocycles. The third kappa shape index (κ3) is 2.73. The first kappa shape index (κ1) is 13.5. The van der Waals surface area contributed by atoms with Gasteiger partial charge >= 0.3 is 0 Å². The van der Waals surface area contributed by atoms with Crippen molar-refractivity contribution in [3.63, 3.8) is 0 Å². The molecule has 1 atom stereocenters. The minimum atomic E-state index is -0.0835. The number of nitrogens with one attached hydrogen (secondary N) is 1. The molecule has 0 aliphatic heterocycles. The van der Waals surface area contributed by atoms with Gasteiger partial charge in [-0.15, -0.1) is 0 Å². The van der Waals surface area contributed by atoms with E-state index in [1.54, 1.807) is 19.5 Å². The first-order valence-electron chi connectivity index (χ1n) is 6.26. The maximum atomic E-state index is 5.30. The molecule has 0 bridgehead atoms. The standard InChI is InChI=1S/C13H19N5O/c1-5-14-11(10-8-9(2)17-18(10)3)12-13(19-4)16-7-6-15-12/h6-8,11,14H,5H2,1-4H3. The zero-order chi connectivity index (χ0) is 13.8. The van der Waals surface area contributed by atoms with E-state index in [-0.39, 0.29) is 6.04 Å². The van der Waals surface area contributed by atoms with Crippen LogP contribution in [0.3, 0.4) is 0 Å². The summed E-state index contributed by atoms with van der Waals surface area (Å²) in [6, 6.07) is 1.96. The third-order valence-electron chi connectivity index (χ3n) is 2.90. The number of nitrogens with zero attached hydrogens (tertiary/aromatic N) is 4. The van der Waals surface area contributed by atoms with Gasteiger partial charge in [0.1, 0.15) is 5.69 Å². The van der Waals surface area contributed by atoms with Gasteiger partial charge in [0, 0.05) is 19.4 Å². The summed E-state index contributed by atoms with van der Waals surface area (Å²) in [6.45, 7) is 4.84. The summed E-state index contributed by atoms with van der Waals surface area (Å²) in [4.78, 5) is 8.61. The smallest absolute Gasteiger partial charge is 0.237 e. The van der Waals surface area contributed by atoms with Gasteiger partial charge in [0.05, 0.1) is 24.5 Å². The number of hydrogen-bond acceptors (Lipinski definition) is 5. The van der Waals surface area contributed by atoms with Crippen LogP contribution in [0.1, 0.15) is 30.0 Å². The SMILES string of the molecule is CCNC(c1nccnc1OC)c1cc(C)nn1C. The molecule has 0 saturated heterocycles. The fourth-order valence-corrected chi connectivity index (χ4v) is 2.14. The van der Waals surface area contributed by atoms with Crippen LogP contribution in [0.15, 0.2) is 18.5 Å². The van der Waals surface area contributed by atoms with Crippen molar-refractivity contribution < 1.29 is 4.74 Å². The van der Waals surface area contributed by atoms with Crippen molar-refractivity contribution in [1.82, 2.24) is 25.1 Å². The molecule has 0 amide bonds. The molecular weight excluding hydrogens is 242 g/mol. The van der Waals surface area contributed by atoms with Gasteiger partial charge < -0.3 is 10.1 Å². The monoisotopic (exact) mass is 261 g/mol. The highest BCUT2D eigenvalue weighted by molar-refractivity contribution is 5.30. The molecule has 2 rings (SSSR count). The van der Waals surface area contributed by atoms with E-state index in [1.165, 1.54) is 0 Å². The zero-order valence-electron chi connectivity index (χ0n) is 11.7. The normalized spacial score (nSPS) is 12.4. The Morgan fingerprint density at radius 1 is 1.37 bits per heavy atom. The highest BCUT2D eigenvalue weighted by Gasteiger charge is 2.22. The Kier molecular flexibility index (Phi) is 4.11. The Balaban J connectivity index is 2.48. The van der Waals surface area contributed by atoms with Crippen molar-refractivity contribution in [2.24, 2.45) is 7.05 Å². The van der Waals surface area contributed by atoms with Crippen LogP contribution in [0.5, 0.6) is 5.88 Å². The molecule has 2 heterocycles. The number of rotatable bonds is 5. The Bertz CT molecular complexity index is 552.